The van der Waals surface area contributed by atoms with E-state index in [1.165, 1.54) is 0 Å². The van der Waals surface area contributed by atoms with Crippen molar-refractivity contribution in [2.75, 3.05) is 12.3 Å². The third kappa shape index (κ3) is 5.98. The summed E-state index contributed by atoms with van der Waals surface area (Å²) in [5, 5.41) is 2.69. The van der Waals surface area contributed by atoms with Gasteiger partial charge in [-0.2, -0.15) is 0 Å². The lowest BCUT2D eigenvalue weighted by atomic mass is 10.1. The normalized spacial score (nSPS) is 18.9. The number of thioether (sulfide) groups is 1. The Kier molecular flexibility index (Phi) is 7.41. The number of nitrogens with one attached hydrogen (secondary N) is 1. The van der Waals surface area contributed by atoms with Crippen LogP contribution in [0.2, 0.25) is 0 Å². The number of amides is 2. The molecule has 8 heteroatoms. The van der Waals surface area contributed by atoms with E-state index in [9.17, 15) is 9.59 Å². The molecule has 1 aromatic heterocycles. The van der Waals surface area contributed by atoms with Crippen molar-refractivity contribution < 1.29 is 14.3 Å². The number of aromatic nitrogens is 1. The van der Waals surface area contributed by atoms with Crippen LogP contribution in [0, 0.1) is 0 Å². The van der Waals surface area contributed by atoms with Crippen molar-refractivity contribution in [3.05, 3.63) is 64.4 Å². The zero-order chi connectivity index (χ0) is 21.7. The van der Waals surface area contributed by atoms with Gasteiger partial charge in [0.2, 0.25) is 5.91 Å². The molecule has 1 aromatic carbocycles. The van der Waals surface area contributed by atoms with Crippen LogP contribution < -0.4 is 5.32 Å². The molecule has 2 aromatic rings. The van der Waals surface area contributed by atoms with Gasteiger partial charge >= 0.3 is 6.09 Å². The molecule has 0 saturated carbocycles. The average Bonchev–Trinajstić information content (AvgIpc) is 3.13. The average molecular weight is 492 g/mol. The van der Waals surface area contributed by atoms with Crippen molar-refractivity contribution in [1.82, 2.24) is 15.2 Å². The molecule has 2 heterocycles. The molecule has 0 aliphatic carbocycles. The Balaban J connectivity index is 1.74. The second-order valence-corrected chi connectivity index (χ2v) is 10.1. The fraction of sp³-hybridized carbons (Fsp3) is 0.409. The first kappa shape index (κ1) is 22.6. The van der Waals surface area contributed by atoms with Gasteiger partial charge in [-0.3, -0.25) is 14.7 Å². The van der Waals surface area contributed by atoms with Gasteiger partial charge in [-0.15, -0.1) is 11.8 Å². The van der Waals surface area contributed by atoms with Gasteiger partial charge in [-0.1, -0.05) is 28.1 Å². The summed E-state index contributed by atoms with van der Waals surface area (Å²) in [7, 11) is 0. The Morgan fingerprint density at radius 2 is 2.00 bits per heavy atom. The number of carbonyl (C=O) groups excluding carboxylic acids is 2. The minimum absolute atomic E-state index is 0.167. The molecule has 0 spiro atoms. The first-order valence-corrected chi connectivity index (χ1v) is 11.6. The molecular weight excluding hydrogens is 466 g/mol. The van der Waals surface area contributed by atoms with E-state index in [0.29, 0.717) is 18.7 Å². The first-order chi connectivity index (χ1) is 14.2. The second kappa shape index (κ2) is 9.83. The minimum atomic E-state index is -0.644. The van der Waals surface area contributed by atoms with Crippen molar-refractivity contribution >= 4 is 39.7 Å². The van der Waals surface area contributed by atoms with E-state index in [4.69, 9.17) is 4.74 Å². The zero-order valence-electron chi connectivity index (χ0n) is 17.3. The van der Waals surface area contributed by atoms with Crippen LogP contribution >= 0.6 is 27.7 Å². The van der Waals surface area contributed by atoms with Crippen LogP contribution in [0.4, 0.5) is 4.79 Å². The van der Waals surface area contributed by atoms with Gasteiger partial charge in [0.25, 0.3) is 0 Å². The summed E-state index contributed by atoms with van der Waals surface area (Å²) in [6.07, 6.45) is 3.69. The van der Waals surface area contributed by atoms with Crippen LogP contribution in [0.3, 0.4) is 0 Å². The molecule has 3 rings (SSSR count). The predicted molar refractivity (Wildman–Crippen MR) is 122 cm³/mol. The Hall–Kier alpha value is -2.06. The van der Waals surface area contributed by atoms with E-state index in [1.807, 2.05) is 57.2 Å². The van der Waals surface area contributed by atoms with Gasteiger partial charge in [-0.25, -0.2) is 4.79 Å². The lowest BCUT2D eigenvalue weighted by Crippen LogP contribution is -2.49. The lowest BCUT2D eigenvalue weighted by Gasteiger charge is -2.31. The number of hydrogen-bond acceptors (Lipinski definition) is 5. The number of carbonyl (C=O) groups is 2. The summed E-state index contributed by atoms with van der Waals surface area (Å²) in [5.74, 6) is 0.345. The highest BCUT2D eigenvalue weighted by Crippen LogP contribution is 2.42. The summed E-state index contributed by atoms with van der Waals surface area (Å²) in [5.41, 5.74) is 1.41. The van der Waals surface area contributed by atoms with E-state index in [1.54, 1.807) is 29.1 Å². The molecule has 2 unspecified atom stereocenters. The maximum absolute atomic E-state index is 13.0. The first-order valence-electron chi connectivity index (χ1n) is 9.79. The van der Waals surface area contributed by atoms with Crippen LogP contribution in [-0.4, -0.2) is 45.8 Å². The maximum Gasteiger partial charge on any atom is 0.412 e. The van der Waals surface area contributed by atoms with Gasteiger partial charge in [0, 0.05) is 29.2 Å². The Morgan fingerprint density at radius 1 is 1.27 bits per heavy atom. The highest BCUT2D eigenvalue weighted by atomic mass is 79.9. The van der Waals surface area contributed by atoms with Crippen LogP contribution in [0.15, 0.2) is 53.3 Å². The van der Waals surface area contributed by atoms with Crippen molar-refractivity contribution in [2.24, 2.45) is 0 Å². The smallest absolute Gasteiger partial charge is 0.412 e. The number of halogens is 1. The van der Waals surface area contributed by atoms with E-state index >= 15 is 0 Å². The number of ether oxygens (including phenoxy) is 1. The van der Waals surface area contributed by atoms with Crippen LogP contribution in [0.25, 0.3) is 0 Å². The monoisotopic (exact) mass is 491 g/mol. The summed E-state index contributed by atoms with van der Waals surface area (Å²) < 4.78 is 6.56. The molecule has 160 valence electrons. The molecule has 30 heavy (non-hydrogen) atoms. The summed E-state index contributed by atoms with van der Waals surface area (Å²) in [6, 6.07) is 11.1. The lowest BCUT2D eigenvalue weighted by molar-refractivity contribution is -0.125. The number of benzene rings is 1. The van der Waals surface area contributed by atoms with Crippen LogP contribution in [0.1, 0.15) is 37.3 Å². The summed E-state index contributed by atoms with van der Waals surface area (Å²) in [6.45, 7) is 5.97. The second-order valence-electron chi connectivity index (χ2n) is 8.04. The molecule has 1 saturated heterocycles. The quantitative estimate of drug-likeness (QED) is 0.663. The van der Waals surface area contributed by atoms with Crippen LogP contribution in [-0.2, 0) is 16.0 Å². The standard InChI is InChI=1S/C22H26BrN3O3S/c1-22(2,3)29-21(28)26-18(14-30-20(26)16-5-4-6-17(23)13-16)19(27)25-12-9-15-7-10-24-11-8-15/h4-8,10-11,13,18,20H,9,12,14H2,1-3H3,(H,25,27). The molecule has 1 aliphatic heterocycles. The van der Waals surface area contributed by atoms with Gasteiger partial charge < -0.3 is 10.1 Å². The molecule has 1 aliphatic rings. The topological polar surface area (TPSA) is 71.5 Å². The SMILES string of the molecule is CC(C)(C)OC(=O)N1C(C(=O)NCCc2ccncc2)CSC1c1cccc(Br)c1. The van der Waals surface area contributed by atoms with Crippen LogP contribution in [0.5, 0.6) is 0 Å². The fourth-order valence-corrected chi connectivity index (χ4v) is 4.99. The molecular formula is C22H26BrN3O3S. The van der Waals surface area contributed by atoms with Crippen molar-refractivity contribution in [2.45, 2.75) is 44.2 Å². The molecule has 2 atom stereocenters. The van der Waals surface area contributed by atoms with E-state index in [2.05, 4.69) is 26.2 Å². The minimum Gasteiger partial charge on any atom is -0.444 e. The summed E-state index contributed by atoms with van der Waals surface area (Å²) >= 11 is 5.06. The van der Waals surface area contributed by atoms with E-state index < -0.39 is 17.7 Å². The third-order valence-electron chi connectivity index (χ3n) is 4.50. The molecule has 1 fully saturated rings. The zero-order valence-corrected chi connectivity index (χ0v) is 19.7. The summed E-state index contributed by atoms with van der Waals surface area (Å²) in [4.78, 5) is 31.6. The maximum atomic E-state index is 13.0. The Labute approximate surface area is 189 Å². The molecule has 0 bridgehead atoms. The van der Waals surface area contributed by atoms with E-state index in [-0.39, 0.29) is 11.3 Å². The number of hydrogen-bond donors (Lipinski definition) is 1. The van der Waals surface area contributed by atoms with Gasteiger partial charge in [0.1, 0.15) is 17.0 Å². The highest BCUT2D eigenvalue weighted by molar-refractivity contribution is 9.10. The highest BCUT2D eigenvalue weighted by Gasteiger charge is 2.44. The fourth-order valence-electron chi connectivity index (χ4n) is 3.16. The van der Waals surface area contributed by atoms with Gasteiger partial charge in [0.05, 0.1) is 0 Å². The van der Waals surface area contributed by atoms with Gasteiger partial charge in [0.15, 0.2) is 0 Å². The molecule has 0 radical (unpaired) electrons. The molecule has 6 nitrogen and oxygen atoms in total. The predicted octanol–water partition coefficient (Wildman–Crippen LogP) is 4.55. The third-order valence-corrected chi connectivity index (χ3v) is 6.32. The molecule has 1 N–H and O–H groups in total. The van der Waals surface area contributed by atoms with Crippen molar-refractivity contribution in [3.63, 3.8) is 0 Å². The number of pyridine rings is 1. The molecule has 2 amide bonds. The number of nitrogens with zero attached hydrogens (tertiary/aromatic N) is 2. The Morgan fingerprint density at radius 3 is 2.67 bits per heavy atom. The number of rotatable bonds is 5. The Bertz CT molecular complexity index is 889. The van der Waals surface area contributed by atoms with E-state index in [0.717, 1.165) is 15.6 Å². The van der Waals surface area contributed by atoms with Crippen molar-refractivity contribution in [1.29, 1.82) is 0 Å². The van der Waals surface area contributed by atoms with Gasteiger partial charge in [-0.05, 0) is 62.6 Å². The van der Waals surface area contributed by atoms with Crippen molar-refractivity contribution in [3.8, 4) is 0 Å². The largest absolute Gasteiger partial charge is 0.444 e.